The van der Waals surface area contributed by atoms with Crippen LogP contribution in [0.15, 0.2) is 72.2 Å². The van der Waals surface area contributed by atoms with Gasteiger partial charge in [0, 0.05) is 39.7 Å². The predicted molar refractivity (Wildman–Crippen MR) is 107 cm³/mol. The number of fused-ring (bicyclic) bond motifs is 1. The first-order chi connectivity index (χ1) is 13.1. The first-order valence-corrected chi connectivity index (χ1v) is 9.04. The molecule has 134 valence electrons. The van der Waals surface area contributed by atoms with Crippen LogP contribution in [-0.4, -0.2) is 15.0 Å². The lowest BCUT2D eigenvalue weighted by molar-refractivity contribution is 0.669. The van der Waals surface area contributed by atoms with Crippen LogP contribution < -0.4 is 0 Å². The predicted octanol–water partition coefficient (Wildman–Crippen LogP) is 6.01. The number of hydrogen-bond donors (Lipinski definition) is 2. The molecule has 0 bridgehead atoms. The van der Waals surface area contributed by atoms with Crippen molar-refractivity contribution in [1.82, 2.24) is 15.0 Å². The quantitative estimate of drug-likeness (QED) is 0.537. The summed E-state index contributed by atoms with van der Waals surface area (Å²) in [6.45, 7) is 2.14. The highest BCUT2D eigenvalue weighted by Gasteiger charge is 2.14. The summed E-state index contributed by atoms with van der Waals surface area (Å²) in [7, 11) is 0. The Labute approximate surface area is 161 Å². The molecule has 0 saturated heterocycles. The summed E-state index contributed by atoms with van der Waals surface area (Å²) in [5.74, 6) is 0.662. The van der Waals surface area contributed by atoms with Crippen molar-refractivity contribution >= 4 is 28.1 Å². The number of aromatic amines is 2. The Hall–Kier alpha value is -3.03. The zero-order valence-corrected chi connectivity index (χ0v) is 15.4. The summed E-state index contributed by atoms with van der Waals surface area (Å²) in [6, 6.07) is 5.88. The molecular formula is C22H17ClFN3. The third-order valence-electron chi connectivity index (χ3n) is 4.56. The molecule has 27 heavy (non-hydrogen) atoms. The Balaban J connectivity index is 1.57. The second kappa shape index (κ2) is 7.30. The van der Waals surface area contributed by atoms with E-state index in [4.69, 9.17) is 11.6 Å². The fraction of sp³-hybridized carbons (Fsp3) is 0.136. The van der Waals surface area contributed by atoms with E-state index in [9.17, 15) is 4.39 Å². The fourth-order valence-electron chi connectivity index (χ4n) is 3.16. The lowest BCUT2D eigenvalue weighted by atomic mass is 10.00. The van der Waals surface area contributed by atoms with Gasteiger partial charge in [0.1, 0.15) is 5.82 Å². The highest BCUT2D eigenvalue weighted by molar-refractivity contribution is 6.31. The Morgan fingerprint density at radius 1 is 1.30 bits per heavy atom. The van der Waals surface area contributed by atoms with Crippen LogP contribution in [0.2, 0.25) is 5.02 Å². The van der Waals surface area contributed by atoms with E-state index < -0.39 is 5.83 Å². The second-order valence-electron chi connectivity index (χ2n) is 6.53. The Bertz CT molecular complexity index is 1170. The van der Waals surface area contributed by atoms with Gasteiger partial charge in [-0.3, -0.25) is 0 Å². The van der Waals surface area contributed by atoms with Crippen LogP contribution >= 0.6 is 11.6 Å². The van der Waals surface area contributed by atoms with Crippen molar-refractivity contribution in [1.29, 1.82) is 0 Å². The van der Waals surface area contributed by atoms with Crippen molar-refractivity contribution in [3.05, 3.63) is 94.3 Å². The highest BCUT2D eigenvalue weighted by atomic mass is 35.5. The number of aromatic nitrogens is 3. The summed E-state index contributed by atoms with van der Waals surface area (Å²) in [4.78, 5) is 11.2. The maximum atomic E-state index is 13.2. The minimum absolute atomic E-state index is 0.204. The minimum Gasteiger partial charge on any atom is -0.361 e. The van der Waals surface area contributed by atoms with Gasteiger partial charge in [-0.25, -0.2) is 4.98 Å². The van der Waals surface area contributed by atoms with Crippen LogP contribution in [0.3, 0.4) is 0 Å². The largest absolute Gasteiger partial charge is 0.361 e. The molecule has 3 nitrogen and oxygen atoms in total. The Morgan fingerprint density at radius 3 is 3.07 bits per heavy atom. The molecule has 4 rings (SSSR count). The zero-order valence-electron chi connectivity index (χ0n) is 14.7. The number of H-pyrrole nitrogens is 2. The normalized spacial score (nSPS) is 16.7. The molecule has 1 aliphatic rings. The van der Waals surface area contributed by atoms with Crippen LogP contribution in [0, 0.1) is 0 Å². The van der Waals surface area contributed by atoms with Gasteiger partial charge in [-0.05, 0) is 42.3 Å². The van der Waals surface area contributed by atoms with Crippen LogP contribution in [-0.2, 0) is 6.42 Å². The van der Waals surface area contributed by atoms with E-state index in [1.807, 2.05) is 24.4 Å². The summed E-state index contributed by atoms with van der Waals surface area (Å²) in [5.41, 5.74) is 9.34. The maximum Gasteiger partial charge on any atom is 0.173 e. The number of allylic oxidation sites excluding steroid dienone is 4. The van der Waals surface area contributed by atoms with Crippen molar-refractivity contribution in [2.75, 3.05) is 0 Å². The molecule has 0 saturated carbocycles. The zero-order chi connectivity index (χ0) is 18.8. The number of rotatable bonds is 4. The van der Waals surface area contributed by atoms with Crippen molar-refractivity contribution in [3.63, 3.8) is 0 Å². The van der Waals surface area contributed by atoms with Gasteiger partial charge in [0.15, 0.2) is 5.83 Å². The number of nitrogens with zero attached hydrogens (tertiary/aromatic N) is 1. The maximum absolute atomic E-state index is 13.2. The molecule has 1 aliphatic carbocycles. The van der Waals surface area contributed by atoms with E-state index >= 15 is 0 Å². The van der Waals surface area contributed by atoms with Crippen LogP contribution in [0.5, 0.6) is 0 Å². The molecule has 2 aromatic heterocycles. The third kappa shape index (κ3) is 3.74. The van der Waals surface area contributed by atoms with Gasteiger partial charge in [-0.15, -0.1) is 5.73 Å². The number of nitrogens with one attached hydrogen (secondary N) is 2. The van der Waals surface area contributed by atoms with E-state index in [-0.39, 0.29) is 5.92 Å². The average molecular weight is 378 g/mol. The van der Waals surface area contributed by atoms with Crippen molar-refractivity contribution in [2.24, 2.45) is 0 Å². The molecule has 1 atom stereocenters. The van der Waals surface area contributed by atoms with Crippen molar-refractivity contribution < 1.29 is 4.39 Å². The number of halogens is 2. The number of benzene rings is 1. The van der Waals surface area contributed by atoms with Gasteiger partial charge in [-0.2, -0.15) is 4.39 Å². The lowest BCUT2D eigenvalue weighted by Crippen LogP contribution is -2.00. The molecule has 0 amide bonds. The molecule has 5 heteroatoms. The monoisotopic (exact) mass is 377 g/mol. The summed E-state index contributed by atoms with van der Waals surface area (Å²) in [6.07, 6.45) is 11.0. The molecule has 1 unspecified atom stereocenters. The van der Waals surface area contributed by atoms with E-state index in [0.29, 0.717) is 0 Å². The summed E-state index contributed by atoms with van der Waals surface area (Å²) >= 11 is 6.06. The highest BCUT2D eigenvalue weighted by Crippen LogP contribution is 2.27. The summed E-state index contributed by atoms with van der Waals surface area (Å²) in [5, 5.41) is 1.89. The van der Waals surface area contributed by atoms with Gasteiger partial charge in [-0.1, -0.05) is 30.3 Å². The standard InChI is InChI=1S/C22H17ClFN3/c1-14(10-16-12-25-20-11-17(23)8-9-19(16)20)22-26-13-21(27-22)15-4-2-6-18(24)7-3-5-15/h2,4-5,7-9,11-14,25H,10H2,1H3,(H,26,27)/b15-4+. The third-order valence-corrected chi connectivity index (χ3v) is 4.80. The van der Waals surface area contributed by atoms with Gasteiger partial charge >= 0.3 is 0 Å². The van der Waals surface area contributed by atoms with Gasteiger partial charge < -0.3 is 9.97 Å². The molecule has 2 N–H and O–H groups in total. The minimum atomic E-state index is -0.444. The molecule has 2 heterocycles. The Kier molecular flexibility index (Phi) is 4.70. The topological polar surface area (TPSA) is 44.5 Å². The second-order valence-corrected chi connectivity index (χ2v) is 6.96. The summed E-state index contributed by atoms with van der Waals surface area (Å²) < 4.78 is 13.2. The first kappa shape index (κ1) is 17.4. The van der Waals surface area contributed by atoms with E-state index in [1.165, 1.54) is 17.0 Å². The Morgan fingerprint density at radius 2 is 2.19 bits per heavy atom. The molecule has 0 aliphatic heterocycles. The van der Waals surface area contributed by atoms with E-state index in [1.54, 1.807) is 24.4 Å². The average Bonchev–Trinajstić information content (AvgIpc) is 3.25. The molecular weight excluding hydrogens is 361 g/mol. The van der Waals surface area contributed by atoms with E-state index in [2.05, 4.69) is 33.3 Å². The molecule has 0 fully saturated rings. The SMILES string of the molecule is CC(Cc1c[nH]c2cc(Cl)ccc12)c1ncc(/C2=C/C=C=C(F)C=C=C2)[nH]1. The van der Waals surface area contributed by atoms with Gasteiger partial charge in [0.05, 0.1) is 11.9 Å². The number of imidazole rings is 1. The van der Waals surface area contributed by atoms with Crippen LogP contribution in [0.1, 0.15) is 29.9 Å². The smallest absolute Gasteiger partial charge is 0.173 e. The van der Waals surface area contributed by atoms with Crippen molar-refractivity contribution in [3.8, 4) is 0 Å². The molecule has 0 spiro atoms. The lowest BCUT2D eigenvalue weighted by Gasteiger charge is -2.08. The van der Waals surface area contributed by atoms with Crippen molar-refractivity contribution in [2.45, 2.75) is 19.3 Å². The van der Waals surface area contributed by atoms with Gasteiger partial charge in [0.2, 0.25) is 0 Å². The molecule has 1 aromatic carbocycles. The van der Waals surface area contributed by atoms with Crippen LogP contribution in [0.4, 0.5) is 4.39 Å². The van der Waals surface area contributed by atoms with Crippen LogP contribution in [0.25, 0.3) is 16.5 Å². The molecule has 3 aromatic rings. The number of hydrogen-bond acceptors (Lipinski definition) is 1. The van der Waals surface area contributed by atoms with Gasteiger partial charge in [0.25, 0.3) is 0 Å². The first-order valence-electron chi connectivity index (χ1n) is 8.66. The fourth-order valence-corrected chi connectivity index (χ4v) is 3.33. The van der Waals surface area contributed by atoms with E-state index in [0.717, 1.165) is 34.1 Å². The molecule has 0 radical (unpaired) electrons.